The number of hydrogen-bond acceptors (Lipinski definition) is 2. The molecule has 86 valence electrons. The van der Waals surface area contributed by atoms with E-state index in [1.165, 1.54) is 16.5 Å². The van der Waals surface area contributed by atoms with Gasteiger partial charge in [-0.2, -0.15) is 0 Å². The molecule has 3 heteroatoms. The first-order chi connectivity index (χ1) is 7.56. The molecule has 2 aromatic rings. The standard InChI is InChI=1S/C13H16ClNS/c1-5-7(2)10-6-16-13-11(10)8(3)12(14)9(4)15-13/h6-7H,5H2,1-4H3. The lowest BCUT2D eigenvalue weighted by molar-refractivity contribution is 0.741. The number of fused-ring (bicyclic) bond motifs is 1. The van der Waals surface area contributed by atoms with Crippen molar-refractivity contribution in [2.24, 2.45) is 0 Å². The van der Waals surface area contributed by atoms with Gasteiger partial charge in [-0.3, -0.25) is 0 Å². The number of aryl methyl sites for hydroxylation is 2. The van der Waals surface area contributed by atoms with Crippen LogP contribution in [-0.4, -0.2) is 4.98 Å². The Morgan fingerprint density at radius 1 is 1.44 bits per heavy atom. The molecule has 0 spiro atoms. The van der Waals surface area contributed by atoms with Crippen molar-refractivity contribution < 1.29 is 0 Å². The molecule has 16 heavy (non-hydrogen) atoms. The Hall–Kier alpha value is -0.600. The van der Waals surface area contributed by atoms with E-state index in [9.17, 15) is 0 Å². The summed E-state index contributed by atoms with van der Waals surface area (Å²) < 4.78 is 0. The molecule has 0 saturated carbocycles. The average molecular weight is 254 g/mol. The summed E-state index contributed by atoms with van der Waals surface area (Å²) in [4.78, 5) is 5.68. The average Bonchev–Trinajstić information content (AvgIpc) is 2.68. The van der Waals surface area contributed by atoms with Gasteiger partial charge in [-0.15, -0.1) is 11.3 Å². The Bertz CT molecular complexity index is 530. The fraction of sp³-hybridized carbons (Fsp3) is 0.462. The number of halogens is 1. The Morgan fingerprint density at radius 2 is 2.12 bits per heavy atom. The van der Waals surface area contributed by atoms with Crippen molar-refractivity contribution in [1.82, 2.24) is 4.98 Å². The van der Waals surface area contributed by atoms with Gasteiger partial charge in [0.05, 0.1) is 10.7 Å². The van der Waals surface area contributed by atoms with Gasteiger partial charge in [0.1, 0.15) is 4.83 Å². The minimum atomic E-state index is 0.577. The normalized spacial score (nSPS) is 13.3. The molecule has 2 aromatic heterocycles. The van der Waals surface area contributed by atoms with Gasteiger partial charge in [0.2, 0.25) is 0 Å². The zero-order valence-corrected chi connectivity index (χ0v) is 11.7. The van der Waals surface area contributed by atoms with E-state index in [-0.39, 0.29) is 0 Å². The molecular formula is C13H16ClNS. The molecule has 0 N–H and O–H groups in total. The predicted molar refractivity (Wildman–Crippen MR) is 72.8 cm³/mol. The van der Waals surface area contributed by atoms with E-state index in [2.05, 4.69) is 31.1 Å². The Balaban J connectivity index is 2.76. The van der Waals surface area contributed by atoms with Gasteiger partial charge >= 0.3 is 0 Å². The van der Waals surface area contributed by atoms with E-state index in [1.54, 1.807) is 11.3 Å². The van der Waals surface area contributed by atoms with Crippen LogP contribution in [0.15, 0.2) is 5.38 Å². The number of rotatable bonds is 2. The second-order valence-corrected chi connectivity index (χ2v) is 5.55. The van der Waals surface area contributed by atoms with Crippen LogP contribution in [0.1, 0.15) is 43.0 Å². The summed E-state index contributed by atoms with van der Waals surface area (Å²) in [7, 11) is 0. The van der Waals surface area contributed by atoms with Crippen LogP contribution in [0.5, 0.6) is 0 Å². The summed E-state index contributed by atoms with van der Waals surface area (Å²) in [5, 5.41) is 4.32. The van der Waals surface area contributed by atoms with E-state index >= 15 is 0 Å². The van der Waals surface area contributed by atoms with E-state index < -0.39 is 0 Å². The van der Waals surface area contributed by atoms with Crippen molar-refractivity contribution in [2.45, 2.75) is 40.0 Å². The van der Waals surface area contributed by atoms with Gasteiger partial charge in [-0.25, -0.2) is 4.98 Å². The van der Waals surface area contributed by atoms with Crippen molar-refractivity contribution in [1.29, 1.82) is 0 Å². The van der Waals surface area contributed by atoms with Gasteiger partial charge in [0.25, 0.3) is 0 Å². The summed E-state index contributed by atoms with van der Waals surface area (Å²) in [5.74, 6) is 0.577. The van der Waals surface area contributed by atoms with Gasteiger partial charge in [0.15, 0.2) is 0 Å². The van der Waals surface area contributed by atoms with Crippen LogP contribution in [0.25, 0.3) is 10.2 Å². The zero-order valence-electron chi connectivity index (χ0n) is 10.1. The predicted octanol–water partition coefficient (Wildman–Crippen LogP) is 5.08. The number of nitrogens with zero attached hydrogens (tertiary/aromatic N) is 1. The maximum atomic E-state index is 6.28. The van der Waals surface area contributed by atoms with E-state index in [0.29, 0.717) is 5.92 Å². The maximum Gasteiger partial charge on any atom is 0.124 e. The molecular weight excluding hydrogens is 238 g/mol. The summed E-state index contributed by atoms with van der Waals surface area (Å²) in [6.45, 7) is 8.54. The number of pyridine rings is 1. The minimum absolute atomic E-state index is 0.577. The monoisotopic (exact) mass is 253 g/mol. The molecule has 0 aliphatic carbocycles. The van der Waals surface area contributed by atoms with Crippen molar-refractivity contribution >= 4 is 33.2 Å². The highest BCUT2D eigenvalue weighted by Crippen LogP contribution is 2.37. The number of hydrogen-bond donors (Lipinski definition) is 0. The van der Waals surface area contributed by atoms with Crippen molar-refractivity contribution in [3.63, 3.8) is 0 Å². The van der Waals surface area contributed by atoms with Crippen LogP contribution in [0.2, 0.25) is 5.02 Å². The topological polar surface area (TPSA) is 12.9 Å². The third-order valence-corrected chi connectivity index (χ3v) is 4.68. The summed E-state index contributed by atoms with van der Waals surface area (Å²) >= 11 is 8.00. The molecule has 0 aliphatic rings. The van der Waals surface area contributed by atoms with Gasteiger partial charge < -0.3 is 0 Å². The Kier molecular flexibility index (Phi) is 3.22. The fourth-order valence-corrected chi connectivity index (χ4v) is 3.29. The van der Waals surface area contributed by atoms with Gasteiger partial charge in [-0.05, 0) is 42.7 Å². The lowest BCUT2D eigenvalue weighted by Crippen LogP contribution is -1.93. The maximum absolute atomic E-state index is 6.28. The molecule has 2 rings (SSSR count). The van der Waals surface area contributed by atoms with Crippen LogP contribution >= 0.6 is 22.9 Å². The fourth-order valence-electron chi connectivity index (χ4n) is 1.98. The van der Waals surface area contributed by atoms with E-state index in [4.69, 9.17) is 11.6 Å². The van der Waals surface area contributed by atoms with Crippen LogP contribution in [0.4, 0.5) is 0 Å². The van der Waals surface area contributed by atoms with Crippen molar-refractivity contribution in [2.75, 3.05) is 0 Å². The highest BCUT2D eigenvalue weighted by molar-refractivity contribution is 7.17. The van der Waals surface area contributed by atoms with Crippen LogP contribution < -0.4 is 0 Å². The minimum Gasteiger partial charge on any atom is -0.241 e. The van der Waals surface area contributed by atoms with E-state index in [1.807, 2.05) is 6.92 Å². The molecule has 0 fully saturated rings. The molecule has 0 aliphatic heterocycles. The second kappa shape index (κ2) is 4.34. The quantitative estimate of drug-likeness (QED) is 0.727. The first-order valence-electron chi connectivity index (χ1n) is 5.60. The van der Waals surface area contributed by atoms with Gasteiger partial charge in [-0.1, -0.05) is 25.4 Å². The third kappa shape index (κ3) is 1.74. The first-order valence-corrected chi connectivity index (χ1v) is 6.85. The number of aromatic nitrogens is 1. The molecule has 1 atom stereocenters. The van der Waals surface area contributed by atoms with Crippen molar-refractivity contribution in [3.8, 4) is 0 Å². The molecule has 0 aromatic carbocycles. The highest BCUT2D eigenvalue weighted by atomic mass is 35.5. The summed E-state index contributed by atoms with van der Waals surface area (Å²) in [5.41, 5.74) is 3.51. The lowest BCUT2D eigenvalue weighted by atomic mass is 9.97. The summed E-state index contributed by atoms with van der Waals surface area (Å²) in [6, 6.07) is 0. The molecule has 0 saturated heterocycles. The van der Waals surface area contributed by atoms with E-state index in [0.717, 1.165) is 22.0 Å². The van der Waals surface area contributed by atoms with Crippen LogP contribution in [0.3, 0.4) is 0 Å². The largest absolute Gasteiger partial charge is 0.241 e. The van der Waals surface area contributed by atoms with Crippen molar-refractivity contribution in [3.05, 3.63) is 27.2 Å². The third-order valence-electron chi connectivity index (χ3n) is 3.23. The smallest absolute Gasteiger partial charge is 0.124 e. The van der Waals surface area contributed by atoms with Crippen LogP contribution in [0, 0.1) is 13.8 Å². The summed E-state index contributed by atoms with van der Waals surface area (Å²) in [6.07, 6.45) is 1.15. The lowest BCUT2D eigenvalue weighted by Gasteiger charge is -2.10. The Labute approximate surface area is 105 Å². The van der Waals surface area contributed by atoms with Crippen LogP contribution in [-0.2, 0) is 0 Å². The van der Waals surface area contributed by atoms with Gasteiger partial charge in [0, 0.05) is 5.39 Å². The molecule has 0 radical (unpaired) electrons. The SMILES string of the molecule is CCC(C)c1csc2nc(C)c(Cl)c(C)c12. The number of thiophene rings is 1. The zero-order chi connectivity index (χ0) is 11.9. The molecule has 0 amide bonds. The molecule has 1 nitrogen and oxygen atoms in total. The Morgan fingerprint density at radius 3 is 2.75 bits per heavy atom. The first kappa shape index (κ1) is 11.9. The second-order valence-electron chi connectivity index (χ2n) is 4.32. The highest BCUT2D eigenvalue weighted by Gasteiger charge is 2.15. The molecule has 0 bridgehead atoms. The molecule has 2 heterocycles. The molecule has 1 unspecified atom stereocenters.